The van der Waals surface area contributed by atoms with Gasteiger partial charge in [-0.3, -0.25) is 0 Å². The molecule has 0 radical (unpaired) electrons. The first-order chi connectivity index (χ1) is 10.0. The van der Waals surface area contributed by atoms with Crippen molar-refractivity contribution in [1.29, 1.82) is 0 Å². The molecule has 1 fully saturated rings. The Morgan fingerprint density at radius 2 is 1.81 bits per heavy atom. The highest BCUT2D eigenvalue weighted by molar-refractivity contribution is 5.21. The first kappa shape index (κ1) is 16.5. The molecular formula is C18H31N3. The molecule has 0 amide bonds. The fraction of sp³-hybridized carbons (Fsp3) is 0.667. The summed E-state index contributed by atoms with van der Waals surface area (Å²) in [6.07, 6.45) is 1.28. The number of benzene rings is 1. The predicted octanol–water partition coefficient (Wildman–Crippen LogP) is 2.61. The van der Waals surface area contributed by atoms with Gasteiger partial charge in [0.15, 0.2) is 0 Å². The lowest BCUT2D eigenvalue weighted by Gasteiger charge is -2.38. The zero-order valence-electron chi connectivity index (χ0n) is 14.1. The van der Waals surface area contributed by atoms with E-state index in [0.717, 1.165) is 6.54 Å². The van der Waals surface area contributed by atoms with Crippen molar-refractivity contribution in [2.75, 3.05) is 46.8 Å². The second-order valence-corrected chi connectivity index (χ2v) is 7.05. The Hall–Kier alpha value is -0.900. The molecule has 0 saturated carbocycles. The zero-order chi connectivity index (χ0) is 15.3. The van der Waals surface area contributed by atoms with E-state index in [9.17, 15) is 0 Å². The van der Waals surface area contributed by atoms with E-state index in [0.29, 0.717) is 6.04 Å². The van der Waals surface area contributed by atoms with Gasteiger partial charge in [-0.2, -0.15) is 0 Å². The van der Waals surface area contributed by atoms with Crippen LogP contribution in [0.4, 0.5) is 0 Å². The average Bonchev–Trinajstić information content (AvgIpc) is 2.65. The minimum atomic E-state index is 0.207. The Labute approximate surface area is 130 Å². The summed E-state index contributed by atoms with van der Waals surface area (Å²) in [5, 5.41) is 3.54. The van der Waals surface area contributed by atoms with Gasteiger partial charge in [-0.15, -0.1) is 0 Å². The van der Waals surface area contributed by atoms with Crippen molar-refractivity contribution < 1.29 is 0 Å². The Morgan fingerprint density at radius 3 is 2.48 bits per heavy atom. The summed E-state index contributed by atoms with van der Waals surface area (Å²) in [4.78, 5) is 5.08. The first-order valence-corrected chi connectivity index (χ1v) is 8.16. The third-order valence-corrected chi connectivity index (χ3v) is 4.65. The van der Waals surface area contributed by atoms with Gasteiger partial charge in [0, 0.05) is 25.7 Å². The van der Waals surface area contributed by atoms with E-state index in [1.807, 2.05) is 0 Å². The molecule has 3 heteroatoms. The summed E-state index contributed by atoms with van der Waals surface area (Å²) in [6.45, 7) is 10.7. The number of hydrogen-bond donors (Lipinski definition) is 1. The fourth-order valence-corrected chi connectivity index (χ4v) is 3.58. The maximum absolute atomic E-state index is 3.54. The van der Waals surface area contributed by atoms with E-state index in [2.05, 4.69) is 73.4 Å². The van der Waals surface area contributed by atoms with Gasteiger partial charge < -0.3 is 15.1 Å². The number of rotatable bonds is 5. The monoisotopic (exact) mass is 289 g/mol. The molecule has 1 atom stereocenters. The number of hydrogen-bond acceptors (Lipinski definition) is 3. The summed E-state index contributed by atoms with van der Waals surface area (Å²) >= 11 is 0. The molecule has 1 aromatic carbocycles. The molecule has 0 aliphatic carbocycles. The second kappa shape index (κ2) is 7.39. The largest absolute Gasteiger partial charge is 0.313 e. The molecule has 0 bridgehead atoms. The lowest BCUT2D eigenvalue weighted by atomic mass is 9.80. The predicted molar refractivity (Wildman–Crippen MR) is 90.6 cm³/mol. The normalized spacial score (nSPS) is 20.2. The van der Waals surface area contributed by atoms with Gasteiger partial charge in [0.25, 0.3) is 0 Å². The van der Waals surface area contributed by atoms with Crippen molar-refractivity contribution in [2.45, 2.75) is 26.3 Å². The highest BCUT2D eigenvalue weighted by atomic mass is 15.2. The topological polar surface area (TPSA) is 18.5 Å². The summed E-state index contributed by atoms with van der Waals surface area (Å²) in [5.74, 6) is 0. The molecule has 1 aliphatic rings. The van der Waals surface area contributed by atoms with Crippen molar-refractivity contribution in [2.24, 2.45) is 5.41 Å². The molecular weight excluding hydrogens is 258 g/mol. The van der Waals surface area contributed by atoms with Crippen LogP contribution in [0, 0.1) is 5.41 Å². The third kappa shape index (κ3) is 4.53. The lowest BCUT2D eigenvalue weighted by Crippen LogP contribution is -2.43. The Balaban J connectivity index is 2.05. The van der Waals surface area contributed by atoms with Gasteiger partial charge >= 0.3 is 0 Å². The number of nitrogens with one attached hydrogen (secondary N) is 1. The van der Waals surface area contributed by atoms with Gasteiger partial charge in [-0.1, -0.05) is 44.2 Å². The van der Waals surface area contributed by atoms with Crippen LogP contribution in [0.3, 0.4) is 0 Å². The van der Waals surface area contributed by atoms with Crippen LogP contribution in [0.25, 0.3) is 0 Å². The SMILES string of the molecule is CNC(c1ccccc1)C(C)(C)CN1CCCN(C)CC1. The van der Waals surface area contributed by atoms with E-state index < -0.39 is 0 Å². The molecule has 118 valence electrons. The quantitative estimate of drug-likeness (QED) is 0.899. The van der Waals surface area contributed by atoms with Crippen molar-refractivity contribution in [1.82, 2.24) is 15.1 Å². The highest BCUT2D eigenvalue weighted by Gasteiger charge is 2.31. The molecule has 21 heavy (non-hydrogen) atoms. The van der Waals surface area contributed by atoms with Crippen LogP contribution in [-0.2, 0) is 0 Å². The smallest absolute Gasteiger partial charge is 0.0381 e. The minimum absolute atomic E-state index is 0.207. The number of likely N-dealkylation sites (N-methyl/N-ethyl adjacent to an activating group) is 1. The molecule has 0 spiro atoms. The molecule has 2 rings (SSSR count). The van der Waals surface area contributed by atoms with Crippen molar-refractivity contribution in [3.05, 3.63) is 35.9 Å². The third-order valence-electron chi connectivity index (χ3n) is 4.65. The Kier molecular flexibility index (Phi) is 5.80. The number of nitrogens with zero attached hydrogens (tertiary/aromatic N) is 2. The zero-order valence-corrected chi connectivity index (χ0v) is 14.1. The van der Waals surface area contributed by atoms with E-state index in [-0.39, 0.29) is 5.41 Å². The van der Waals surface area contributed by atoms with E-state index in [4.69, 9.17) is 0 Å². The minimum Gasteiger partial charge on any atom is -0.313 e. The second-order valence-electron chi connectivity index (χ2n) is 7.05. The molecule has 1 N–H and O–H groups in total. The van der Waals surface area contributed by atoms with Crippen LogP contribution < -0.4 is 5.32 Å². The summed E-state index contributed by atoms with van der Waals surface area (Å²) in [5.41, 5.74) is 1.59. The van der Waals surface area contributed by atoms with E-state index in [1.54, 1.807) is 0 Å². The fourth-order valence-electron chi connectivity index (χ4n) is 3.58. The van der Waals surface area contributed by atoms with E-state index in [1.165, 1.54) is 38.2 Å². The van der Waals surface area contributed by atoms with Crippen LogP contribution in [-0.4, -0.2) is 56.6 Å². The first-order valence-electron chi connectivity index (χ1n) is 8.16. The maximum Gasteiger partial charge on any atom is 0.0381 e. The van der Waals surface area contributed by atoms with Crippen LogP contribution in [0.15, 0.2) is 30.3 Å². The summed E-state index contributed by atoms with van der Waals surface area (Å²) in [6, 6.07) is 11.2. The summed E-state index contributed by atoms with van der Waals surface area (Å²) in [7, 11) is 4.31. The van der Waals surface area contributed by atoms with Crippen LogP contribution >= 0.6 is 0 Å². The molecule has 1 saturated heterocycles. The summed E-state index contributed by atoms with van der Waals surface area (Å²) < 4.78 is 0. The molecule has 1 heterocycles. The molecule has 1 aromatic rings. The highest BCUT2D eigenvalue weighted by Crippen LogP contribution is 2.34. The molecule has 1 unspecified atom stereocenters. The Morgan fingerprint density at radius 1 is 1.10 bits per heavy atom. The van der Waals surface area contributed by atoms with Crippen LogP contribution in [0.2, 0.25) is 0 Å². The van der Waals surface area contributed by atoms with Crippen LogP contribution in [0.5, 0.6) is 0 Å². The van der Waals surface area contributed by atoms with Gasteiger partial charge in [0.1, 0.15) is 0 Å². The van der Waals surface area contributed by atoms with Gasteiger partial charge in [0.05, 0.1) is 0 Å². The standard InChI is InChI=1S/C18H31N3/c1-18(2,15-21-12-8-11-20(4)13-14-21)17(19-3)16-9-6-5-7-10-16/h5-7,9-10,17,19H,8,11-15H2,1-4H3. The average molecular weight is 289 g/mol. The van der Waals surface area contributed by atoms with Gasteiger partial charge in [0.2, 0.25) is 0 Å². The van der Waals surface area contributed by atoms with Crippen molar-refractivity contribution >= 4 is 0 Å². The van der Waals surface area contributed by atoms with E-state index >= 15 is 0 Å². The van der Waals surface area contributed by atoms with Gasteiger partial charge in [-0.05, 0) is 44.6 Å². The van der Waals surface area contributed by atoms with Gasteiger partial charge in [-0.25, -0.2) is 0 Å². The van der Waals surface area contributed by atoms with Crippen molar-refractivity contribution in [3.8, 4) is 0 Å². The van der Waals surface area contributed by atoms with Crippen LogP contribution in [0.1, 0.15) is 31.9 Å². The molecule has 1 aliphatic heterocycles. The van der Waals surface area contributed by atoms with Crippen molar-refractivity contribution in [3.63, 3.8) is 0 Å². The molecule has 3 nitrogen and oxygen atoms in total. The Bertz CT molecular complexity index is 416. The maximum atomic E-state index is 3.54. The lowest BCUT2D eigenvalue weighted by molar-refractivity contribution is 0.143. The molecule has 0 aromatic heterocycles.